The number of rotatable bonds is 4. The molecule has 0 saturated carbocycles. The first-order valence-electron chi connectivity index (χ1n) is 5.99. The third-order valence-electron chi connectivity index (χ3n) is 2.86. The molecular formula is C11H19N5S2. The van der Waals surface area contributed by atoms with Gasteiger partial charge in [-0.25, -0.2) is 4.98 Å². The van der Waals surface area contributed by atoms with Gasteiger partial charge in [-0.15, -0.1) is 11.3 Å². The van der Waals surface area contributed by atoms with Crippen molar-refractivity contribution in [1.29, 1.82) is 0 Å². The van der Waals surface area contributed by atoms with Crippen molar-refractivity contribution in [2.45, 2.75) is 0 Å². The van der Waals surface area contributed by atoms with Crippen LogP contribution in [0.25, 0.3) is 0 Å². The molecular weight excluding hydrogens is 266 g/mol. The lowest BCUT2D eigenvalue weighted by Gasteiger charge is -2.35. The van der Waals surface area contributed by atoms with E-state index in [9.17, 15) is 0 Å². The molecule has 0 radical (unpaired) electrons. The Bertz CT molecular complexity index is 371. The van der Waals surface area contributed by atoms with E-state index < -0.39 is 0 Å². The van der Waals surface area contributed by atoms with Crippen LogP contribution in [-0.2, 0) is 0 Å². The number of anilines is 1. The number of thioether (sulfide) groups is 1. The minimum absolute atomic E-state index is 0.683. The molecule has 2 N–H and O–H groups in total. The van der Waals surface area contributed by atoms with Crippen LogP contribution in [-0.4, -0.2) is 60.6 Å². The number of aromatic nitrogens is 1. The predicted molar refractivity (Wildman–Crippen MR) is 80.8 cm³/mol. The molecule has 1 aliphatic heterocycles. The summed E-state index contributed by atoms with van der Waals surface area (Å²) in [7, 11) is 0. The van der Waals surface area contributed by atoms with E-state index in [-0.39, 0.29) is 0 Å². The lowest BCUT2D eigenvalue weighted by molar-refractivity contribution is 0.381. The monoisotopic (exact) mass is 285 g/mol. The fourth-order valence-corrected chi connectivity index (χ4v) is 2.82. The number of guanidine groups is 1. The third-order valence-corrected chi connectivity index (χ3v) is 4.29. The largest absolute Gasteiger partial charge is 0.370 e. The number of hydrogen-bond acceptors (Lipinski definition) is 5. The van der Waals surface area contributed by atoms with Gasteiger partial charge in [0, 0.05) is 43.5 Å². The van der Waals surface area contributed by atoms with Crippen molar-refractivity contribution in [3.8, 4) is 0 Å². The van der Waals surface area contributed by atoms with Crippen LogP contribution in [0.2, 0.25) is 0 Å². The Morgan fingerprint density at radius 2 is 2.28 bits per heavy atom. The molecule has 1 fully saturated rings. The van der Waals surface area contributed by atoms with Crippen LogP contribution in [0.15, 0.2) is 16.6 Å². The van der Waals surface area contributed by atoms with Gasteiger partial charge in [0.15, 0.2) is 11.1 Å². The van der Waals surface area contributed by atoms with Crippen molar-refractivity contribution in [2.75, 3.05) is 49.6 Å². The Hall–Kier alpha value is -0.950. The van der Waals surface area contributed by atoms with Crippen LogP contribution < -0.4 is 10.6 Å². The lowest BCUT2D eigenvalue weighted by Crippen LogP contribution is -2.51. The summed E-state index contributed by atoms with van der Waals surface area (Å²) in [5.74, 6) is 1.71. The quantitative estimate of drug-likeness (QED) is 0.507. The highest BCUT2D eigenvalue weighted by molar-refractivity contribution is 7.98. The molecule has 5 nitrogen and oxygen atoms in total. The van der Waals surface area contributed by atoms with Gasteiger partial charge in [-0.1, -0.05) is 0 Å². The summed E-state index contributed by atoms with van der Waals surface area (Å²) in [4.78, 5) is 13.2. The Balaban J connectivity index is 1.81. The highest BCUT2D eigenvalue weighted by Crippen LogP contribution is 2.18. The molecule has 1 aromatic heterocycles. The van der Waals surface area contributed by atoms with Gasteiger partial charge in [-0.05, 0) is 6.26 Å². The average Bonchev–Trinajstić information content (AvgIpc) is 2.93. The molecule has 2 rings (SSSR count). The minimum Gasteiger partial charge on any atom is -0.370 e. The second-order valence-corrected chi connectivity index (χ2v) is 5.88. The van der Waals surface area contributed by atoms with Crippen molar-refractivity contribution >= 4 is 34.2 Å². The molecule has 100 valence electrons. The molecule has 1 aliphatic rings. The molecule has 18 heavy (non-hydrogen) atoms. The predicted octanol–water partition coefficient (Wildman–Crippen LogP) is 0.943. The fourth-order valence-electron chi connectivity index (χ4n) is 1.85. The Kier molecular flexibility index (Phi) is 5.12. The van der Waals surface area contributed by atoms with Gasteiger partial charge >= 0.3 is 0 Å². The van der Waals surface area contributed by atoms with Gasteiger partial charge in [0.25, 0.3) is 0 Å². The van der Waals surface area contributed by atoms with E-state index in [2.05, 4.69) is 26.0 Å². The minimum atomic E-state index is 0.683. The lowest BCUT2D eigenvalue weighted by atomic mass is 10.3. The van der Waals surface area contributed by atoms with Crippen molar-refractivity contribution in [2.24, 2.45) is 10.7 Å². The Morgan fingerprint density at radius 3 is 2.89 bits per heavy atom. The fraction of sp³-hybridized carbons (Fsp3) is 0.636. The van der Waals surface area contributed by atoms with Gasteiger partial charge in [0.05, 0.1) is 6.54 Å². The summed E-state index contributed by atoms with van der Waals surface area (Å²) in [6.07, 6.45) is 3.93. The van der Waals surface area contributed by atoms with Gasteiger partial charge < -0.3 is 15.5 Å². The maximum absolute atomic E-state index is 5.99. The molecule has 0 spiro atoms. The zero-order chi connectivity index (χ0) is 12.8. The van der Waals surface area contributed by atoms with E-state index in [1.807, 2.05) is 11.6 Å². The summed E-state index contributed by atoms with van der Waals surface area (Å²) in [6, 6.07) is 0. The molecule has 0 aromatic carbocycles. The summed E-state index contributed by atoms with van der Waals surface area (Å²) in [5, 5.41) is 3.12. The zero-order valence-electron chi connectivity index (χ0n) is 10.6. The maximum atomic E-state index is 5.99. The number of aliphatic imine (C=N–C) groups is 1. The number of thiazole rings is 1. The van der Waals surface area contributed by atoms with Crippen molar-refractivity contribution in [3.63, 3.8) is 0 Å². The summed E-state index contributed by atoms with van der Waals surface area (Å²) in [6.45, 7) is 4.58. The maximum Gasteiger partial charge on any atom is 0.191 e. The first-order valence-corrected chi connectivity index (χ1v) is 8.27. The second-order valence-electron chi connectivity index (χ2n) is 4.02. The molecule has 0 amide bonds. The topological polar surface area (TPSA) is 57.8 Å². The summed E-state index contributed by atoms with van der Waals surface area (Å²) >= 11 is 3.48. The first kappa shape index (κ1) is 13.5. The Labute approximate surface area is 116 Å². The third kappa shape index (κ3) is 3.52. The van der Waals surface area contributed by atoms with E-state index in [0.717, 1.165) is 43.6 Å². The molecule has 2 heterocycles. The standard InChI is InChI=1S/C11H19N5S2/c1-17-8-2-13-10(12)15-4-6-16(7-5-15)11-14-3-9-18-11/h3,9H,2,4-8H2,1H3,(H2,12,13). The zero-order valence-corrected chi connectivity index (χ0v) is 12.2. The van der Waals surface area contributed by atoms with E-state index in [0.29, 0.717) is 5.96 Å². The van der Waals surface area contributed by atoms with Crippen LogP contribution in [0.4, 0.5) is 5.13 Å². The number of nitrogens with zero attached hydrogens (tertiary/aromatic N) is 4. The van der Waals surface area contributed by atoms with Crippen LogP contribution in [0.3, 0.4) is 0 Å². The molecule has 0 bridgehead atoms. The van der Waals surface area contributed by atoms with E-state index in [4.69, 9.17) is 5.73 Å². The number of hydrogen-bond donors (Lipinski definition) is 1. The van der Waals surface area contributed by atoms with Gasteiger partial charge in [0.2, 0.25) is 0 Å². The SMILES string of the molecule is CSCCN=C(N)N1CCN(c2nccs2)CC1. The van der Waals surface area contributed by atoms with E-state index >= 15 is 0 Å². The molecule has 1 aromatic rings. The molecule has 1 saturated heterocycles. The van der Waals surface area contributed by atoms with Crippen LogP contribution >= 0.6 is 23.1 Å². The van der Waals surface area contributed by atoms with Crippen molar-refractivity contribution in [1.82, 2.24) is 9.88 Å². The Morgan fingerprint density at radius 1 is 1.50 bits per heavy atom. The normalized spacial score (nSPS) is 17.3. The van der Waals surface area contributed by atoms with Crippen molar-refractivity contribution < 1.29 is 0 Å². The second kappa shape index (κ2) is 6.84. The molecule has 0 aliphatic carbocycles. The highest BCUT2D eigenvalue weighted by atomic mass is 32.2. The van der Waals surface area contributed by atoms with Gasteiger partial charge in [-0.2, -0.15) is 11.8 Å². The summed E-state index contributed by atoms with van der Waals surface area (Å²) in [5.41, 5.74) is 5.99. The number of piperazine rings is 1. The average molecular weight is 285 g/mol. The highest BCUT2D eigenvalue weighted by Gasteiger charge is 2.19. The molecule has 0 unspecified atom stereocenters. The first-order chi connectivity index (χ1) is 8.81. The van der Waals surface area contributed by atoms with Gasteiger partial charge in [0.1, 0.15) is 0 Å². The summed E-state index contributed by atoms with van der Waals surface area (Å²) < 4.78 is 0. The van der Waals surface area contributed by atoms with Crippen LogP contribution in [0.5, 0.6) is 0 Å². The van der Waals surface area contributed by atoms with Gasteiger partial charge in [-0.3, -0.25) is 4.99 Å². The number of nitrogens with two attached hydrogens (primary N) is 1. The van der Waals surface area contributed by atoms with Crippen LogP contribution in [0.1, 0.15) is 0 Å². The molecule has 0 atom stereocenters. The van der Waals surface area contributed by atoms with E-state index in [1.165, 1.54) is 0 Å². The van der Waals surface area contributed by atoms with Crippen molar-refractivity contribution in [3.05, 3.63) is 11.6 Å². The smallest absolute Gasteiger partial charge is 0.191 e. The van der Waals surface area contributed by atoms with Crippen LogP contribution in [0, 0.1) is 0 Å². The van der Waals surface area contributed by atoms with E-state index in [1.54, 1.807) is 23.1 Å². The molecule has 7 heteroatoms.